The fourth-order valence-corrected chi connectivity index (χ4v) is 3.89. The van der Waals surface area contributed by atoms with Crippen LogP contribution in [0, 0.1) is 27.7 Å². The number of hydrogen-bond acceptors (Lipinski definition) is 5. The summed E-state index contributed by atoms with van der Waals surface area (Å²) in [6.07, 6.45) is -1.77. The monoisotopic (exact) mass is 512 g/mol. The maximum atomic E-state index is 11.9. The smallest absolute Gasteiger partial charge is 0.332 e. The Morgan fingerprint density at radius 1 is 1.26 bits per heavy atom. The second kappa shape index (κ2) is 11.4. The van der Waals surface area contributed by atoms with Crippen molar-refractivity contribution in [2.45, 2.75) is 85.6 Å². The van der Waals surface area contributed by atoms with Gasteiger partial charge in [-0.15, -0.1) is 0 Å². The van der Waals surface area contributed by atoms with Crippen LogP contribution in [0.5, 0.6) is 0 Å². The van der Waals surface area contributed by atoms with Gasteiger partial charge >= 0.3 is 5.97 Å². The van der Waals surface area contributed by atoms with Crippen molar-refractivity contribution in [1.29, 1.82) is 1.43 Å². The number of hydrogen-bond donors (Lipinski definition) is 1. The first-order valence-corrected chi connectivity index (χ1v) is 11.7. The van der Waals surface area contributed by atoms with E-state index in [4.69, 9.17) is 23.3 Å². The van der Waals surface area contributed by atoms with Crippen molar-refractivity contribution < 1.29 is 29.7 Å². The summed E-state index contributed by atoms with van der Waals surface area (Å²) in [5, 5.41) is 4.16. The molecule has 2 aromatic rings. The van der Waals surface area contributed by atoms with Crippen molar-refractivity contribution in [2.24, 2.45) is 0 Å². The number of piperazine rings is 1. The van der Waals surface area contributed by atoms with Crippen LogP contribution < -0.4 is 0 Å². The van der Waals surface area contributed by atoms with E-state index in [2.05, 4.69) is 5.11 Å². The normalized spacial score (nSPS) is 36.3. The molecule has 2 aromatic carbocycles. The highest BCUT2D eigenvalue weighted by molar-refractivity contribution is 6.31. The van der Waals surface area contributed by atoms with Crippen LogP contribution in [-0.4, -0.2) is 64.6 Å². The van der Waals surface area contributed by atoms with Crippen molar-refractivity contribution in [3.05, 3.63) is 68.7 Å². The summed E-state index contributed by atoms with van der Waals surface area (Å²) in [6, 6.07) is -5.53. The van der Waals surface area contributed by atoms with E-state index < -0.39 is 55.7 Å². The van der Waals surface area contributed by atoms with Gasteiger partial charge in [0.05, 0.1) is 18.1 Å². The average Bonchev–Trinajstić information content (AvgIpc) is 2.90. The lowest BCUT2D eigenvalue weighted by molar-refractivity contribution is -0.150. The predicted octanol–water partition coefficient (Wildman–Crippen LogP) is 5.94. The number of benzene rings is 2. The van der Waals surface area contributed by atoms with E-state index in [1.54, 1.807) is 27.7 Å². The number of nitrogens with zero attached hydrogens (tertiary/aromatic N) is 2. The van der Waals surface area contributed by atoms with Crippen LogP contribution >= 0.6 is 11.6 Å². The third kappa shape index (κ3) is 6.08. The molecule has 6 heteroatoms. The molecule has 5 unspecified atom stereocenters. The second-order valence-corrected chi connectivity index (χ2v) is 9.15. The van der Waals surface area contributed by atoms with Crippen molar-refractivity contribution >= 4 is 17.6 Å². The molecule has 3 rings (SSSR count). The number of halogens is 1. The van der Waals surface area contributed by atoms with Crippen LogP contribution in [0.2, 0.25) is 5.02 Å². The first-order chi connectivity index (χ1) is 21.0. The summed E-state index contributed by atoms with van der Waals surface area (Å²) >= 11 is 6.33. The molecular formula is C29H41ClN2O3. The molecule has 1 aliphatic rings. The largest absolute Gasteiger partial charge is 0.479 e. The van der Waals surface area contributed by atoms with Gasteiger partial charge in [-0.05, 0) is 94.8 Å². The summed E-state index contributed by atoms with van der Waals surface area (Å²) in [4.78, 5) is 12.7. The maximum Gasteiger partial charge on any atom is 0.332 e. The molecule has 0 radical (unpaired) electrons. The molecule has 0 aliphatic carbocycles. The molecule has 1 fully saturated rings. The van der Waals surface area contributed by atoms with Gasteiger partial charge in [-0.1, -0.05) is 35.8 Å². The highest BCUT2D eigenvalue weighted by Crippen LogP contribution is 2.38. The molecule has 0 bridgehead atoms. The van der Waals surface area contributed by atoms with E-state index in [-0.39, 0.29) is 22.1 Å². The molecule has 0 saturated carbocycles. The van der Waals surface area contributed by atoms with Crippen molar-refractivity contribution in [3.63, 3.8) is 0 Å². The highest BCUT2D eigenvalue weighted by atomic mass is 35.5. The zero-order valence-corrected chi connectivity index (χ0v) is 22.1. The lowest BCUT2D eigenvalue weighted by Gasteiger charge is -2.50. The SMILES string of the molecule is [2H]OC(=O)C(C)OC([2H])([2H])C([2H])(C)N1C([2H])([2H])C([2H])(C)N(C([2H])(c2ccc(Cl)c(C)c2)c2c([2H])cc(C)c(C)c2C)C([2H])(C)C1([2H])[2H]. The van der Waals surface area contributed by atoms with Crippen LogP contribution in [0.3, 0.4) is 0 Å². The average molecular weight is 513 g/mol. The molecule has 0 spiro atoms. The number of rotatable bonds is 8. The summed E-state index contributed by atoms with van der Waals surface area (Å²) in [6.45, 7) is 0.542. The minimum atomic E-state index is -3.38. The van der Waals surface area contributed by atoms with Crippen LogP contribution in [0.15, 0.2) is 30.3 Å². The minimum absolute atomic E-state index is 0.0330. The molecule has 192 valence electrons. The molecule has 1 heterocycles. The van der Waals surface area contributed by atoms with Crippen LogP contribution in [0.4, 0.5) is 0 Å². The van der Waals surface area contributed by atoms with Crippen LogP contribution in [0.25, 0.3) is 1.43 Å². The number of ether oxygens (including phenoxy) is 1. The zero-order valence-electron chi connectivity index (χ0n) is 33.4. The van der Waals surface area contributed by atoms with Gasteiger partial charge in [-0.2, -0.15) is 0 Å². The standard InChI is InChI=1S/C29H41ClN2O3/c1-17-9-11-26(23(7)22(17)6)28(25-10-12-27(30)18(2)13-25)32-19(3)14-31(15-20(32)4)21(5)16-35-24(8)29(33)34/h9-13,19-21,24,28H,14-16H2,1-8H3,(H,33,34)/i11D,14D2,15D2,16D2,19D,20D,21D,28D/hD. The summed E-state index contributed by atoms with van der Waals surface area (Å²) < 4.78 is 114. The molecule has 0 aromatic heterocycles. The number of aryl methyl sites for hydroxylation is 2. The van der Waals surface area contributed by atoms with E-state index in [1.807, 2.05) is 0 Å². The molecule has 1 N–H and O–H groups in total. The van der Waals surface area contributed by atoms with Gasteiger partial charge in [0, 0.05) is 45.7 Å². The van der Waals surface area contributed by atoms with Gasteiger partial charge in [-0.25, -0.2) is 4.79 Å². The van der Waals surface area contributed by atoms with Gasteiger partial charge in [0.1, 0.15) is 0 Å². The van der Waals surface area contributed by atoms with Crippen LogP contribution in [-0.2, 0) is 9.53 Å². The molecule has 5 atom stereocenters. The van der Waals surface area contributed by atoms with E-state index in [0.717, 1.165) is 33.3 Å². The first-order valence-electron chi connectivity index (χ1n) is 17.2. The summed E-state index contributed by atoms with van der Waals surface area (Å²) in [5.41, 5.74) is 2.35. The molecule has 1 saturated heterocycles. The Balaban J connectivity index is 2.48. The Bertz CT molecular complexity index is 1540. The van der Waals surface area contributed by atoms with E-state index in [0.29, 0.717) is 26.6 Å². The van der Waals surface area contributed by atoms with E-state index in [1.165, 1.54) is 24.3 Å². The third-order valence-corrected chi connectivity index (χ3v) is 6.55. The van der Waals surface area contributed by atoms with Gasteiger partial charge in [0.25, 0.3) is 1.43 Å². The van der Waals surface area contributed by atoms with Crippen molar-refractivity contribution in [3.8, 4) is 0 Å². The zero-order chi connectivity index (χ0) is 36.7. The van der Waals surface area contributed by atoms with E-state index >= 15 is 0 Å². The number of aliphatic carboxylic acids is 1. The predicted molar refractivity (Wildman–Crippen MR) is 144 cm³/mol. The van der Waals surface area contributed by atoms with Gasteiger partial charge in [-0.3, -0.25) is 9.80 Å². The summed E-state index contributed by atoms with van der Waals surface area (Å²) in [5.74, 6) is -1.33. The van der Waals surface area contributed by atoms with E-state index in [9.17, 15) is 14.4 Å². The van der Waals surface area contributed by atoms with Crippen LogP contribution in [0.1, 0.15) is 82.2 Å². The Morgan fingerprint density at radius 3 is 2.51 bits per heavy atom. The molecule has 5 nitrogen and oxygen atoms in total. The number of carbonyl (C=O) groups is 1. The van der Waals surface area contributed by atoms with Gasteiger partial charge < -0.3 is 9.85 Å². The first kappa shape index (κ1) is 15.4. The Labute approximate surface area is 233 Å². The minimum Gasteiger partial charge on any atom is -0.479 e. The van der Waals surface area contributed by atoms with Gasteiger partial charge in [0.15, 0.2) is 6.10 Å². The fraction of sp³-hybridized carbons (Fsp3) is 0.552. The second-order valence-electron chi connectivity index (χ2n) is 8.74. The Hall–Kier alpha value is -1.92. The lowest BCUT2D eigenvalue weighted by atomic mass is 9.87. The highest BCUT2D eigenvalue weighted by Gasteiger charge is 2.38. The number of carboxylic acids is 1. The van der Waals surface area contributed by atoms with Crippen molar-refractivity contribution in [2.75, 3.05) is 19.6 Å². The molecule has 35 heavy (non-hydrogen) atoms. The molecular weight excluding hydrogens is 460 g/mol. The lowest BCUT2D eigenvalue weighted by Crippen LogP contribution is -2.60. The quantitative estimate of drug-likeness (QED) is 0.474. The van der Waals surface area contributed by atoms with Crippen molar-refractivity contribution in [1.82, 2.24) is 9.80 Å². The topological polar surface area (TPSA) is 53.0 Å². The Kier molecular flexibility index (Phi) is 5.01. The maximum absolute atomic E-state index is 11.9. The Morgan fingerprint density at radius 2 is 1.91 bits per heavy atom. The fourth-order valence-electron chi connectivity index (χ4n) is 3.78. The third-order valence-electron chi connectivity index (χ3n) is 6.12. The molecule has 0 amide bonds. The summed E-state index contributed by atoms with van der Waals surface area (Å²) in [7, 11) is 0. The van der Waals surface area contributed by atoms with Gasteiger partial charge in [0.2, 0.25) is 0 Å². The molecule has 1 aliphatic heterocycles. The number of carboxylic acid groups (broad SMARTS) is 1.